The fourth-order valence-corrected chi connectivity index (χ4v) is 1.36. The topological polar surface area (TPSA) is 12.9 Å². The molecule has 0 fully saturated rings. The molecule has 2 unspecified atom stereocenters. The Balaban J connectivity index is 2.81. The van der Waals surface area contributed by atoms with E-state index in [4.69, 9.17) is 11.6 Å². The van der Waals surface area contributed by atoms with Gasteiger partial charge in [0.2, 0.25) is 0 Å². The van der Waals surface area contributed by atoms with E-state index in [-0.39, 0.29) is 0 Å². The Morgan fingerprint density at radius 3 is 2.50 bits per heavy atom. The van der Waals surface area contributed by atoms with E-state index in [0.717, 1.165) is 6.92 Å². The Hall–Kier alpha value is -0.700. The van der Waals surface area contributed by atoms with Crippen molar-refractivity contribution in [2.75, 3.05) is 0 Å². The van der Waals surface area contributed by atoms with Gasteiger partial charge in [-0.25, -0.2) is 8.78 Å². The number of hydrogen-bond donors (Lipinski definition) is 0. The number of pyridine rings is 1. The third kappa shape index (κ3) is 2.64. The predicted octanol–water partition coefficient (Wildman–Crippen LogP) is 3.45. The van der Waals surface area contributed by atoms with Crippen molar-refractivity contribution in [2.45, 2.75) is 31.1 Å². The first-order valence-corrected chi connectivity index (χ1v) is 4.79. The van der Waals surface area contributed by atoms with Crippen molar-refractivity contribution >= 4 is 11.6 Å². The van der Waals surface area contributed by atoms with Gasteiger partial charge in [-0.2, -0.15) is 0 Å². The molecule has 0 saturated heterocycles. The number of hydrogen-bond acceptors (Lipinski definition) is 1. The monoisotopic (exact) mass is 219 g/mol. The molecule has 0 aliphatic rings. The van der Waals surface area contributed by atoms with Crippen LogP contribution in [0.3, 0.4) is 0 Å². The molecule has 78 valence electrons. The zero-order chi connectivity index (χ0) is 10.8. The number of aromatic nitrogens is 1. The molecular weight excluding hydrogens is 208 g/mol. The molecule has 0 amide bonds. The molecule has 1 nitrogen and oxygen atoms in total. The predicted molar refractivity (Wildman–Crippen MR) is 52.9 cm³/mol. The largest absolute Gasteiger partial charge is 0.262 e. The Kier molecular flexibility index (Phi) is 3.43. The Bertz CT molecular complexity index is 284. The molecular formula is C10H12ClF2N. The van der Waals surface area contributed by atoms with Crippen molar-refractivity contribution in [3.63, 3.8) is 0 Å². The minimum Gasteiger partial charge on any atom is -0.261 e. The highest BCUT2D eigenvalue weighted by Crippen LogP contribution is 2.33. The fourth-order valence-electron chi connectivity index (χ4n) is 1.23. The molecule has 1 aromatic heterocycles. The van der Waals surface area contributed by atoms with E-state index in [1.165, 1.54) is 0 Å². The van der Waals surface area contributed by atoms with Gasteiger partial charge in [-0.15, -0.1) is 11.6 Å². The quantitative estimate of drug-likeness (QED) is 0.710. The van der Waals surface area contributed by atoms with E-state index in [1.807, 2.05) is 0 Å². The summed E-state index contributed by atoms with van der Waals surface area (Å²) in [5, 5.41) is -1.22. The Labute approximate surface area is 87.1 Å². The van der Waals surface area contributed by atoms with Crippen molar-refractivity contribution in [1.29, 1.82) is 0 Å². The van der Waals surface area contributed by atoms with Gasteiger partial charge in [-0.3, -0.25) is 4.98 Å². The Morgan fingerprint density at radius 1 is 1.43 bits per heavy atom. The highest BCUT2D eigenvalue weighted by atomic mass is 35.5. The van der Waals surface area contributed by atoms with Gasteiger partial charge in [0.15, 0.2) is 0 Å². The lowest BCUT2D eigenvalue weighted by Gasteiger charge is -2.23. The van der Waals surface area contributed by atoms with Crippen LogP contribution in [0, 0.1) is 0 Å². The Morgan fingerprint density at radius 2 is 2.07 bits per heavy atom. The second-order valence-corrected chi connectivity index (χ2v) is 3.87. The van der Waals surface area contributed by atoms with Crippen LogP contribution in [0.4, 0.5) is 8.78 Å². The van der Waals surface area contributed by atoms with Gasteiger partial charge in [-0.1, -0.05) is 13.0 Å². The van der Waals surface area contributed by atoms with Crippen LogP contribution in [0.15, 0.2) is 24.4 Å². The molecule has 2 atom stereocenters. The van der Waals surface area contributed by atoms with Gasteiger partial charge in [0.05, 0.1) is 0 Å². The summed E-state index contributed by atoms with van der Waals surface area (Å²) >= 11 is 5.65. The zero-order valence-corrected chi connectivity index (χ0v) is 8.80. The first-order valence-electron chi connectivity index (χ1n) is 4.35. The molecule has 0 saturated carbocycles. The van der Waals surface area contributed by atoms with Crippen molar-refractivity contribution in [2.24, 2.45) is 0 Å². The second-order valence-electron chi connectivity index (χ2n) is 3.40. The van der Waals surface area contributed by atoms with Gasteiger partial charge < -0.3 is 0 Å². The number of alkyl halides is 3. The molecule has 0 radical (unpaired) electrons. The first-order chi connectivity index (χ1) is 6.43. The van der Waals surface area contributed by atoms with Gasteiger partial charge in [0.25, 0.3) is 5.92 Å². The molecule has 0 aliphatic heterocycles. The molecule has 1 heterocycles. The first kappa shape index (κ1) is 11.4. The zero-order valence-electron chi connectivity index (χ0n) is 8.05. The summed E-state index contributed by atoms with van der Waals surface area (Å²) in [5.74, 6) is -3.35. The average molecular weight is 220 g/mol. The van der Waals surface area contributed by atoms with E-state index < -0.39 is 17.2 Å². The minimum absolute atomic E-state index is 0.460. The smallest absolute Gasteiger partial charge is 0.261 e. The van der Waals surface area contributed by atoms with Crippen LogP contribution < -0.4 is 0 Å². The van der Waals surface area contributed by atoms with Gasteiger partial charge >= 0.3 is 0 Å². The van der Waals surface area contributed by atoms with Crippen LogP contribution in [-0.4, -0.2) is 16.3 Å². The molecule has 4 heteroatoms. The van der Waals surface area contributed by atoms with E-state index >= 15 is 0 Å². The summed E-state index contributed by atoms with van der Waals surface area (Å²) in [7, 11) is 0. The lowest BCUT2D eigenvalue weighted by atomic mass is 9.99. The van der Waals surface area contributed by atoms with Gasteiger partial charge in [0.1, 0.15) is 5.38 Å². The van der Waals surface area contributed by atoms with Crippen molar-refractivity contribution < 1.29 is 8.78 Å². The number of halogens is 3. The molecule has 0 N–H and O–H groups in total. The molecule has 1 aromatic rings. The van der Waals surface area contributed by atoms with Crippen LogP contribution in [-0.2, 0) is 0 Å². The maximum atomic E-state index is 12.9. The maximum Gasteiger partial charge on any atom is 0.262 e. The maximum absolute atomic E-state index is 12.9. The molecule has 0 spiro atoms. The molecule has 0 aliphatic carbocycles. The van der Waals surface area contributed by atoms with Gasteiger partial charge in [0, 0.05) is 24.7 Å². The van der Waals surface area contributed by atoms with E-state index in [9.17, 15) is 8.78 Å². The molecule has 14 heavy (non-hydrogen) atoms. The number of rotatable bonds is 3. The van der Waals surface area contributed by atoms with Crippen LogP contribution in [0.2, 0.25) is 0 Å². The summed E-state index contributed by atoms with van der Waals surface area (Å²) in [5.41, 5.74) is 0.592. The normalized spacial score (nSPS) is 16.4. The third-order valence-corrected chi connectivity index (χ3v) is 2.84. The van der Waals surface area contributed by atoms with Crippen molar-refractivity contribution in [3.8, 4) is 0 Å². The highest BCUT2D eigenvalue weighted by molar-refractivity contribution is 6.21. The second kappa shape index (κ2) is 4.22. The third-order valence-electron chi connectivity index (χ3n) is 2.08. The van der Waals surface area contributed by atoms with E-state index in [1.54, 1.807) is 31.3 Å². The number of nitrogens with zero attached hydrogens (tertiary/aromatic N) is 1. The summed E-state index contributed by atoms with van der Waals surface area (Å²) < 4.78 is 25.8. The molecule has 0 aromatic carbocycles. The summed E-state index contributed by atoms with van der Waals surface area (Å²) in [6, 6.07) is 5.20. The molecule has 0 bridgehead atoms. The summed E-state index contributed by atoms with van der Waals surface area (Å²) in [6.07, 6.45) is 1.57. The van der Waals surface area contributed by atoms with E-state index in [0.29, 0.717) is 5.69 Å². The fraction of sp³-hybridized carbons (Fsp3) is 0.500. The highest BCUT2D eigenvalue weighted by Gasteiger charge is 2.37. The standard InChI is InChI=1S/C10H12ClF2N/c1-7(9(11)10(2,12)13)8-5-3-4-6-14-8/h3-7,9H,1-2H3. The van der Waals surface area contributed by atoms with Crippen LogP contribution in [0.1, 0.15) is 25.5 Å². The van der Waals surface area contributed by atoms with Crippen molar-refractivity contribution in [3.05, 3.63) is 30.1 Å². The van der Waals surface area contributed by atoms with Crippen LogP contribution in [0.5, 0.6) is 0 Å². The van der Waals surface area contributed by atoms with E-state index in [2.05, 4.69) is 4.98 Å². The minimum atomic E-state index is -2.89. The van der Waals surface area contributed by atoms with Crippen LogP contribution >= 0.6 is 11.6 Å². The molecule has 1 rings (SSSR count). The average Bonchev–Trinajstić information content (AvgIpc) is 2.15. The van der Waals surface area contributed by atoms with Crippen LogP contribution in [0.25, 0.3) is 0 Å². The summed E-state index contributed by atoms with van der Waals surface area (Å²) in [6.45, 7) is 2.47. The lowest BCUT2D eigenvalue weighted by Crippen LogP contribution is -2.30. The lowest BCUT2D eigenvalue weighted by molar-refractivity contribution is 0.0114. The van der Waals surface area contributed by atoms with Crippen molar-refractivity contribution in [1.82, 2.24) is 4.98 Å². The summed E-state index contributed by atoms with van der Waals surface area (Å²) in [4.78, 5) is 4.00. The SMILES string of the molecule is CC(c1ccccn1)C(Cl)C(C)(F)F. The van der Waals surface area contributed by atoms with Gasteiger partial charge in [-0.05, 0) is 12.1 Å².